The number of hydrogen-bond donors (Lipinski definition) is 0. The predicted octanol–water partition coefficient (Wildman–Crippen LogP) is 4.02. The van der Waals surface area contributed by atoms with Crippen LogP contribution in [0.5, 0.6) is 0 Å². The summed E-state index contributed by atoms with van der Waals surface area (Å²) < 4.78 is 0. The number of halogens is 1. The Morgan fingerprint density at radius 2 is 2.11 bits per heavy atom. The number of hydrogen-bond acceptors (Lipinski definition) is 3. The highest BCUT2D eigenvalue weighted by Gasteiger charge is 2.28. The second-order valence-corrected chi connectivity index (χ2v) is 5.00. The Morgan fingerprint density at radius 3 is 2.67 bits per heavy atom. The maximum atomic E-state index is 11.2. The largest absolute Gasteiger partial charge is 0.363 e. The van der Waals surface area contributed by atoms with Crippen molar-refractivity contribution in [3.8, 4) is 0 Å². The van der Waals surface area contributed by atoms with Gasteiger partial charge in [-0.3, -0.25) is 10.1 Å². The molecule has 1 saturated carbocycles. The second kappa shape index (κ2) is 5.57. The highest BCUT2D eigenvalue weighted by atomic mass is 35.5. The molecule has 5 heteroatoms. The Balaban J connectivity index is 2.41. The van der Waals surface area contributed by atoms with E-state index < -0.39 is 0 Å². The molecule has 1 aliphatic carbocycles. The molecule has 18 heavy (non-hydrogen) atoms. The van der Waals surface area contributed by atoms with E-state index in [2.05, 4.69) is 4.90 Å². The van der Waals surface area contributed by atoms with Gasteiger partial charge >= 0.3 is 5.69 Å². The number of benzene rings is 1. The van der Waals surface area contributed by atoms with Crippen LogP contribution < -0.4 is 4.90 Å². The molecule has 1 aliphatic rings. The molecule has 0 aromatic heterocycles. The normalized spacial score (nSPS) is 15.9. The van der Waals surface area contributed by atoms with Crippen LogP contribution in [0.25, 0.3) is 0 Å². The lowest BCUT2D eigenvalue weighted by Crippen LogP contribution is -2.33. The number of nitrogens with zero attached hydrogens (tertiary/aromatic N) is 2. The molecule has 0 aliphatic heterocycles. The molecule has 98 valence electrons. The van der Waals surface area contributed by atoms with Crippen LogP contribution in [0.2, 0.25) is 5.02 Å². The Kier molecular flexibility index (Phi) is 4.07. The highest BCUT2D eigenvalue weighted by Crippen LogP contribution is 2.38. The van der Waals surface area contributed by atoms with Gasteiger partial charge in [0.25, 0.3) is 0 Å². The number of para-hydroxylation sites is 1. The topological polar surface area (TPSA) is 46.4 Å². The monoisotopic (exact) mass is 268 g/mol. The van der Waals surface area contributed by atoms with Crippen LogP contribution in [-0.4, -0.2) is 17.5 Å². The standard InChI is InChI=1S/C13H17ClN2O2/c1-2-15(10-6-3-4-7-10)12-9-5-8-11(14)13(12)16(17)18/h5,8-10H,2-4,6-7H2,1H3. The van der Waals surface area contributed by atoms with Crippen LogP contribution in [0, 0.1) is 10.1 Å². The summed E-state index contributed by atoms with van der Waals surface area (Å²) in [5.41, 5.74) is 0.690. The summed E-state index contributed by atoms with van der Waals surface area (Å²) >= 11 is 5.96. The summed E-state index contributed by atoms with van der Waals surface area (Å²) in [4.78, 5) is 12.9. The SMILES string of the molecule is CCN(c1cccc(Cl)c1[N+](=O)[O-])C1CCCC1. The van der Waals surface area contributed by atoms with Gasteiger partial charge in [-0.25, -0.2) is 0 Å². The second-order valence-electron chi connectivity index (χ2n) is 4.59. The van der Waals surface area contributed by atoms with Gasteiger partial charge in [0.05, 0.1) is 4.92 Å². The summed E-state index contributed by atoms with van der Waals surface area (Å²) in [6.07, 6.45) is 4.63. The van der Waals surface area contributed by atoms with Gasteiger partial charge in [-0.05, 0) is 31.9 Å². The zero-order chi connectivity index (χ0) is 13.1. The Bertz CT molecular complexity index is 445. The molecule has 0 N–H and O–H groups in total. The summed E-state index contributed by atoms with van der Waals surface area (Å²) in [6, 6.07) is 5.56. The molecule has 4 nitrogen and oxygen atoms in total. The molecule has 1 aromatic carbocycles. The van der Waals surface area contributed by atoms with Crippen molar-refractivity contribution in [2.24, 2.45) is 0 Å². The van der Waals surface area contributed by atoms with Crippen molar-refractivity contribution in [2.75, 3.05) is 11.4 Å². The van der Waals surface area contributed by atoms with E-state index >= 15 is 0 Å². The van der Waals surface area contributed by atoms with E-state index in [1.54, 1.807) is 18.2 Å². The van der Waals surface area contributed by atoms with Crippen LogP contribution >= 0.6 is 11.6 Å². The maximum Gasteiger partial charge on any atom is 0.310 e. The van der Waals surface area contributed by atoms with Crippen LogP contribution in [0.1, 0.15) is 32.6 Å². The van der Waals surface area contributed by atoms with Crippen molar-refractivity contribution in [1.29, 1.82) is 0 Å². The average Bonchev–Trinajstić information content (AvgIpc) is 2.83. The zero-order valence-corrected chi connectivity index (χ0v) is 11.2. The van der Waals surface area contributed by atoms with E-state index in [-0.39, 0.29) is 15.6 Å². The zero-order valence-electron chi connectivity index (χ0n) is 10.4. The van der Waals surface area contributed by atoms with Gasteiger partial charge < -0.3 is 4.90 Å². The predicted molar refractivity (Wildman–Crippen MR) is 73.4 cm³/mol. The molecule has 0 bridgehead atoms. The first kappa shape index (κ1) is 13.1. The molecule has 0 radical (unpaired) electrons. The van der Waals surface area contributed by atoms with Crippen LogP contribution in [0.4, 0.5) is 11.4 Å². The van der Waals surface area contributed by atoms with Gasteiger partial charge in [-0.15, -0.1) is 0 Å². The third kappa shape index (κ3) is 2.43. The van der Waals surface area contributed by atoms with Gasteiger partial charge in [0.1, 0.15) is 10.7 Å². The fourth-order valence-corrected chi connectivity index (χ4v) is 3.00. The molecule has 0 amide bonds. The van der Waals surface area contributed by atoms with Crippen LogP contribution in [0.15, 0.2) is 18.2 Å². The van der Waals surface area contributed by atoms with Crippen molar-refractivity contribution in [2.45, 2.75) is 38.6 Å². The van der Waals surface area contributed by atoms with E-state index in [0.29, 0.717) is 11.7 Å². The Hall–Kier alpha value is -1.29. The first-order valence-electron chi connectivity index (χ1n) is 6.34. The van der Waals surface area contributed by atoms with E-state index in [0.717, 1.165) is 19.4 Å². The van der Waals surface area contributed by atoms with Crippen molar-refractivity contribution in [3.63, 3.8) is 0 Å². The molecular weight excluding hydrogens is 252 g/mol. The summed E-state index contributed by atoms with van der Waals surface area (Å²) in [5, 5.41) is 11.4. The minimum Gasteiger partial charge on any atom is -0.363 e. The Labute approximate surface area is 112 Å². The van der Waals surface area contributed by atoms with Crippen molar-refractivity contribution >= 4 is 23.0 Å². The Morgan fingerprint density at radius 1 is 1.44 bits per heavy atom. The molecule has 0 spiro atoms. The number of rotatable bonds is 4. The number of nitro benzene ring substituents is 1. The molecule has 0 unspecified atom stereocenters. The number of anilines is 1. The fourth-order valence-electron chi connectivity index (χ4n) is 2.76. The maximum absolute atomic E-state index is 11.2. The lowest BCUT2D eigenvalue weighted by atomic mass is 10.1. The molecule has 1 fully saturated rings. The minimum atomic E-state index is -0.380. The lowest BCUT2D eigenvalue weighted by Gasteiger charge is -2.29. The molecule has 0 atom stereocenters. The summed E-state index contributed by atoms with van der Waals surface area (Å²) in [7, 11) is 0. The van der Waals surface area contributed by atoms with Gasteiger partial charge in [-0.2, -0.15) is 0 Å². The highest BCUT2D eigenvalue weighted by molar-refractivity contribution is 6.33. The van der Waals surface area contributed by atoms with Crippen molar-refractivity contribution in [1.82, 2.24) is 0 Å². The molecule has 0 heterocycles. The third-order valence-corrected chi connectivity index (χ3v) is 3.87. The van der Waals surface area contributed by atoms with E-state index in [1.807, 2.05) is 6.92 Å². The quantitative estimate of drug-likeness (QED) is 0.612. The molecule has 1 aromatic rings. The minimum absolute atomic E-state index is 0.0351. The fraction of sp³-hybridized carbons (Fsp3) is 0.538. The van der Waals surface area contributed by atoms with Crippen LogP contribution in [0.3, 0.4) is 0 Å². The average molecular weight is 269 g/mol. The third-order valence-electron chi connectivity index (χ3n) is 3.56. The molecule has 0 saturated heterocycles. The first-order chi connectivity index (χ1) is 8.65. The first-order valence-corrected chi connectivity index (χ1v) is 6.72. The van der Waals surface area contributed by atoms with Crippen molar-refractivity contribution in [3.05, 3.63) is 33.3 Å². The number of nitro groups is 1. The summed E-state index contributed by atoms with van der Waals surface area (Å²) in [5.74, 6) is 0. The van der Waals surface area contributed by atoms with Crippen molar-refractivity contribution < 1.29 is 4.92 Å². The van der Waals surface area contributed by atoms with Gasteiger partial charge in [0, 0.05) is 12.6 Å². The van der Waals surface area contributed by atoms with E-state index in [9.17, 15) is 10.1 Å². The van der Waals surface area contributed by atoms with Crippen LogP contribution in [-0.2, 0) is 0 Å². The smallest absolute Gasteiger partial charge is 0.310 e. The molecule has 2 rings (SSSR count). The summed E-state index contributed by atoms with van der Waals surface area (Å²) in [6.45, 7) is 2.80. The van der Waals surface area contributed by atoms with Gasteiger partial charge in [0.15, 0.2) is 0 Å². The van der Waals surface area contributed by atoms with E-state index in [1.165, 1.54) is 12.8 Å². The lowest BCUT2D eigenvalue weighted by molar-refractivity contribution is -0.384. The van der Waals surface area contributed by atoms with E-state index in [4.69, 9.17) is 11.6 Å². The molecular formula is C13H17ClN2O2. The van der Waals surface area contributed by atoms with Gasteiger partial charge in [0.2, 0.25) is 0 Å². The van der Waals surface area contributed by atoms with Gasteiger partial charge in [-0.1, -0.05) is 30.5 Å².